The average Bonchev–Trinajstić information content (AvgIpc) is 3.03. The zero-order valence-corrected chi connectivity index (χ0v) is 14.5. The number of urea groups is 1. The monoisotopic (exact) mass is 328 g/mol. The lowest BCUT2D eigenvalue weighted by atomic mass is 10.0. The van der Waals surface area contributed by atoms with Crippen molar-refractivity contribution in [2.45, 2.75) is 45.3 Å². The van der Waals surface area contributed by atoms with Crippen LogP contribution in [0.2, 0.25) is 0 Å². The summed E-state index contributed by atoms with van der Waals surface area (Å²) in [6.07, 6.45) is 1.78. The lowest BCUT2D eigenvalue weighted by molar-refractivity contribution is 0.0699. The first-order valence-corrected chi connectivity index (χ1v) is 9.34. The van der Waals surface area contributed by atoms with Crippen LogP contribution in [-0.4, -0.2) is 34.8 Å². The van der Waals surface area contributed by atoms with Gasteiger partial charge in [-0.2, -0.15) is 11.8 Å². The average molecular weight is 329 g/mol. The van der Waals surface area contributed by atoms with Crippen LogP contribution in [0.3, 0.4) is 0 Å². The number of nitrogens with one attached hydrogen (secondary N) is 2. The van der Waals surface area contributed by atoms with Crippen LogP contribution < -0.4 is 10.6 Å². The summed E-state index contributed by atoms with van der Waals surface area (Å²) in [6.45, 7) is 6.57. The molecule has 2 atom stereocenters. The first-order chi connectivity index (χ1) is 9.93. The Morgan fingerprint density at radius 2 is 2.33 bits per heavy atom. The fraction of sp³-hybridized carbons (Fsp3) is 0.667. The molecule has 21 heavy (non-hydrogen) atoms. The lowest BCUT2D eigenvalue weighted by Gasteiger charge is -2.22. The van der Waals surface area contributed by atoms with Gasteiger partial charge in [-0.25, -0.2) is 4.79 Å². The molecular formula is C15H24N2O2S2. The molecule has 0 spiro atoms. The summed E-state index contributed by atoms with van der Waals surface area (Å²) in [4.78, 5) is 14.5. The number of carbonyl (C=O) groups is 1. The molecule has 1 aromatic rings. The highest BCUT2D eigenvalue weighted by Crippen LogP contribution is 2.28. The number of hydrogen-bond acceptors (Lipinski definition) is 4. The van der Waals surface area contributed by atoms with E-state index in [4.69, 9.17) is 0 Å². The van der Waals surface area contributed by atoms with E-state index in [1.807, 2.05) is 6.92 Å². The Balaban J connectivity index is 1.83. The van der Waals surface area contributed by atoms with E-state index in [0.717, 1.165) is 18.6 Å². The van der Waals surface area contributed by atoms with Gasteiger partial charge in [-0.3, -0.25) is 0 Å². The molecule has 0 aliphatic carbocycles. The standard InChI is InChI=1S/C15H24N2O2S2/c1-4-12-10(2)7-13(21-12)11(3)17-14(18)16-8-15(19)5-6-20-9-15/h7,11,19H,4-6,8-9H2,1-3H3,(H2,16,17,18). The summed E-state index contributed by atoms with van der Waals surface area (Å²) >= 11 is 3.49. The van der Waals surface area contributed by atoms with Gasteiger partial charge >= 0.3 is 6.03 Å². The predicted octanol–water partition coefficient (Wildman–Crippen LogP) is 2.85. The second-order valence-corrected chi connectivity index (χ2v) is 7.96. The second-order valence-electron chi connectivity index (χ2n) is 5.68. The first-order valence-electron chi connectivity index (χ1n) is 7.37. The van der Waals surface area contributed by atoms with Gasteiger partial charge in [-0.15, -0.1) is 11.3 Å². The smallest absolute Gasteiger partial charge is 0.315 e. The number of rotatable bonds is 5. The Hall–Kier alpha value is -0.720. The molecule has 1 fully saturated rings. The van der Waals surface area contributed by atoms with E-state index in [2.05, 4.69) is 30.5 Å². The van der Waals surface area contributed by atoms with Gasteiger partial charge in [0.1, 0.15) is 0 Å². The zero-order valence-electron chi connectivity index (χ0n) is 12.9. The Bertz CT molecular complexity index is 496. The van der Waals surface area contributed by atoms with E-state index in [1.165, 1.54) is 15.3 Å². The molecule has 0 radical (unpaired) electrons. The van der Waals surface area contributed by atoms with Crippen molar-refractivity contribution in [3.8, 4) is 0 Å². The molecule has 1 aliphatic heterocycles. The summed E-state index contributed by atoms with van der Waals surface area (Å²) < 4.78 is 0. The molecular weight excluding hydrogens is 304 g/mol. The Labute approximate surface area is 134 Å². The van der Waals surface area contributed by atoms with Crippen molar-refractivity contribution >= 4 is 29.1 Å². The number of thioether (sulfide) groups is 1. The number of amides is 2. The van der Waals surface area contributed by atoms with E-state index in [-0.39, 0.29) is 12.1 Å². The number of hydrogen-bond donors (Lipinski definition) is 3. The summed E-state index contributed by atoms with van der Waals surface area (Å²) in [5, 5.41) is 15.9. The van der Waals surface area contributed by atoms with Crippen molar-refractivity contribution in [2.75, 3.05) is 18.1 Å². The molecule has 118 valence electrons. The predicted molar refractivity (Wildman–Crippen MR) is 90.3 cm³/mol. The van der Waals surface area contributed by atoms with Gasteiger partial charge in [0, 0.05) is 22.1 Å². The van der Waals surface area contributed by atoms with Gasteiger partial charge in [0.25, 0.3) is 0 Å². The Morgan fingerprint density at radius 3 is 2.90 bits per heavy atom. The van der Waals surface area contributed by atoms with Gasteiger partial charge < -0.3 is 15.7 Å². The largest absolute Gasteiger partial charge is 0.387 e. The third-order valence-corrected chi connectivity index (χ3v) is 6.59. The maximum atomic E-state index is 12.0. The minimum absolute atomic E-state index is 0.0124. The zero-order chi connectivity index (χ0) is 15.5. The molecule has 1 aliphatic rings. The van der Waals surface area contributed by atoms with Crippen LogP contribution in [0.4, 0.5) is 4.79 Å². The quantitative estimate of drug-likeness (QED) is 0.779. The van der Waals surface area contributed by atoms with Crippen molar-refractivity contribution < 1.29 is 9.90 Å². The molecule has 2 rings (SSSR count). The van der Waals surface area contributed by atoms with Crippen molar-refractivity contribution in [3.05, 3.63) is 21.4 Å². The molecule has 0 saturated carbocycles. The third-order valence-electron chi connectivity index (χ3n) is 3.80. The third kappa shape index (κ3) is 4.37. The molecule has 1 aromatic heterocycles. The van der Waals surface area contributed by atoms with Crippen LogP contribution in [0.5, 0.6) is 0 Å². The highest BCUT2D eigenvalue weighted by Gasteiger charge is 2.32. The van der Waals surface area contributed by atoms with Gasteiger partial charge in [-0.1, -0.05) is 6.92 Å². The Kier molecular flexibility index (Phi) is 5.57. The van der Waals surface area contributed by atoms with Gasteiger partial charge in [-0.05, 0) is 44.1 Å². The molecule has 2 unspecified atom stereocenters. The molecule has 2 heterocycles. The number of thiophene rings is 1. The van der Waals surface area contributed by atoms with E-state index in [9.17, 15) is 9.90 Å². The fourth-order valence-corrected chi connectivity index (χ4v) is 4.83. The molecule has 3 N–H and O–H groups in total. The van der Waals surface area contributed by atoms with Crippen LogP contribution >= 0.6 is 23.1 Å². The first kappa shape index (κ1) is 16.6. The van der Waals surface area contributed by atoms with Crippen LogP contribution in [0.15, 0.2) is 6.07 Å². The summed E-state index contributed by atoms with van der Waals surface area (Å²) in [6, 6.07) is 1.92. The van der Waals surface area contributed by atoms with Crippen molar-refractivity contribution in [1.29, 1.82) is 0 Å². The number of aryl methyl sites for hydroxylation is 2. The highest BCUT2D eigenvalue weighted by atomic mass is 32.2. The number of aliphatic hydroxyl groups is 1. The summed E-state index contributed by atoms with van der Waals surface area (Å²) in [7, 11) is 0. The van der Waals surface area contributed by atoms with Crippen molar-refractivity contribution in [2.24, 2.45) is 0 Å². The molecule has 4 nitrogen and oxygen atoms in total. The second kappa shape index (κ2) is 7.03. The van der Waals surface area contributed by atoms with Gasteiger partial charge in [0.05, 0.1) is 11.6 Å². The molecule has 0 bridgehead atoms. The molecule has 0 aromatic carbocycles. The van der Waals surface area contributed by atoms with Crippen molar-refractivity contribution in [3.63, 3.8) is 0 Å². The molecule has 1 saturated heterocycles. The fourth-order valence-electron chi connectivity index (χ4n) is 2.41. The summed E-state index contributed by atoms with van der Waals surface area (Å²) in [5.41, 5.74) is 0.559. The molecule has 6 heteroatoms. The maximum absolute atomic E-state index is 12.0. The van der Waals surface area contributed by atoms with E-state index >= 15 is 0 Å². The van der Waals surface area contributed by atoms with Crippen LogP contribution in [0.1, 0.15) is 41.6 Å². The van der Waals surface area contributed by atoms with E-state index in [0.29, 0.717) is 12.3 Å². The number of carbonyl (C=O) groups excluding carboxylic acids is 1. The lowest BCUT2D eigenvalue weighted by Crippen LogP contribution is -2.46. The van der Waals surface area contributed by atoms with Crippen molar-refractivity contribution in [1.82, 2.24) is 10.6 Å². The topological polar surface area (TPSA) is 61.4 Å². The van der Waals surface area contributed by atoms with Crippen LogP contribution in [0, 0.1) is 6.92 Å². The van der Waals surface area contributed by atoms with Gasteiger partial charge in [0.15, 0.2) is 0 Å². The minimum Gasteiger partial charge on any atom is -0.387 e. The van der Waals surface area contributed by atoms with Crippen LogP contribution in [-0.2, 0) is 6.42 Å². The van der Waals surface area contributed by atoms with Gasteiger partial charge in [0.2, 0.25) is 0 Å². The molecule has 2 amide bonds. The minimum atomic E-state index is -0.736. The normalized spacial score (nSPS) is 23.0. The van der Waals surface area contributed by atoms with E-state index < -0.39 is 5.60 Å². The highest BCUT2D eigenvalue weighted by molar-refractivity contribution is 7.99. The SMILES string of the molecule is CCc1sc(C(C)NC(=O)NCC2(O)CCSC2)cc1C. The maximum Gasteiger partial charge on any atom is 0.315 e. The van der Waals surface area contributed by atoms with E-state index in [1.54, 1.807) is 23.1 Å². The Morgan fingerprint density at radius 1 is 1.57 bits per heavy atom. The summed E-state index contributed by atoms with van der Waals surface area (Å²) in [5.74, 6) is 1.66. The van der Waals surface area contributed by atoms with Crippen LogP contribution in [0.25, 0.3) is 0 Å².